The summed E-state index contributed by atoms with van der Waals surface area (Å²) in [7, 11) is 4.00. The van der Waals surface area contributed by atoms with E-state index in [9.17, 15) is 0 Å². The molecule has 1 aromatic carbocycles. The van der Waals surface area contributed by atoms with E-state index in [0.717, 1.165) is 11.3 Å². The lowest BCUT2D eigenvalue weighted by atomic mass is 10.1. The number of nitrogens with one attached hydrogen (secondary N) is 1. The molecular weight excluding hydrogens is 148 g/mol. The number of hydrogen-bond acceptors (Lipinski definition) is 2. The molecule has 2 nitrogen and oxygen atoms in total. The molecule has 0 radical (unpaired) electrons. The Kier molecular flexibility index (Phi) is 2.48. The molecule has 12 heavy (non-hydrogen) atoms. The predicted molar refractivity (Wildman–Crippen MR) is 53.3 cm³/mol. The number of hydrogen-bond donors (Lipinski definition) is 1. The number of rotatable bonds is 2. The molecule has 0 saturated carbocycles. The summed E-state index contributed by atoms with van der Waals surface area (Å²) >= 11 is 0. The van der Waals surface area contributed by atoms with Gasteiger partial charge in [0.1, 0.15) is 0 Å². The molecule has 0 bridgehead atoms. The molecular formula is C10H14N2. The van der Waals surface area contributed by atoms with Crippen LogP contribution in [0.5, 0.6) is 0 Å². The summed E-state index contributed by atoms with van der Waals surface area (Å²) in [5.74, 6) is 0. The summed E-state index contributed by atoms with van der Waals surface area (Å²) in [6, 6.07) is 7.98. The zero-order chi connectivity index (χ0) is 9.14. The molecule has 0 aliphatic heterocycles. The maximum atomic E-state index is 7.45. The molecule has 0 aliphatic rings. The normalized spacial score (nSPS) is 9.58. The van der Waals surface area contributed by atoms with E-state index in [1.165, 1.54) is 0 Å². The number of anilines is 1. The van der Waals surface area contributed by atoms with E-state index < -0.39 is 0 Å². The van der Waals surface area contributed by atoms with Crippen LogP contribution in [0.4, 0.5) is 5.69 Å². The zero-order valence-electron chi connectivity index (χ0n) is 7.76. The van der Waals surface area contributed by atoms with Crippen LogP contribution in [0.3, 0.4) is 0 Å². The molecule has 0 aliphatic carbocycles. The molecule has 1 rings (SSSR count). The smallest absolute Gasteiger partial charge is 0.0367 e. The first kappa shape index (κ1) is 8.78. The third-order valence-corrected chi connectivity index (χ3v) is 1.80. The molecule has 0 unspecified atom stereocenters. The molecule has 1 N–H and O–H groups in total. The Hall–Kier alpha value is -1.31. The third-order valence-electron chi connectivity index (χ3n) is 1.80. The van der Waals surface area contributed by atoms with Crippen LogP contribution in [-0.4, -0.2) is 19.8 Å². The summed E-state index contributed by atoms with van der Waals surface area (Å²) in [4.78, 5) is 2.03. The Morgan fingerprint density at radius 3 is 2.50 bits per heavy atom. The van der Waals surface area contributed by atoms with Crippen LogP contribution >= 0.6 is 0 Å². The second-order valence-corrected chi connectivity index (χ2v) is 3.07. The fraction of sp³-hybridized carbons (Fsp3) is 0.300. The van der Waals surface area contributed by atoms with Crippen molar-refractivity contribution in [3.63, 3.8) is 0 Å². The zero-order valence-corrected chi connectivity index (χ0v) is 7.76. The molecule has 0 atom stereocenters. The van der Waals surface area contributed by atoms with Crippen molar-refractivity contribution in [2.45, 2.75) is 6.92 Å². The maximum absolute atomic E-state index is 7.45. The summed E-state index contributed by atoms with van der Waals surface area (Å²) in [5, 5.41) is 7.45. The van der Waals surface area contributed by atoms with E-state index >= 15 is 0 Å². The quantitative estimate of drug-likeness (QED) is 0.663. The highest BCUT2D eigenvalue weighted by molar-refractivity contribution is 5.97. The van der Waals surface area contributed by atoms with Crippen LogP contribution in [0, 0.1) is 5.41 Å². The van der Waals surface area contributed by atoms with E-state index in [0.29, 0.717) is 5.71 Å². The first-order chi connectivity index (χ1) is 5.61. The summed E-state index contributed by atoms with van der Waals surface area (Å²) in [6.07, 6.45) is 0. The number of benzene rings is 1. The van der Waals surface area contributed by atoms with Crippen molar-refractivity contribution < 1.29 is 0 Å². The van der Waals surface area contributed by atoms with Gasteiger partial charge in [-0.3, -0.25) is 0 Å². The Labute approximate surface area is 73.3 Å². The Balaban J connectivity index is 3.04. The van der Waals surface area contributed by atoms with E-state index in [4.69, 9.17) is 5.41 Å². The van der Waals surface area contributed by atoms with Gasteiger partial charge in [0.05, 0.1) is 0 Å². The highest BCUT2D eigenvalue weighted by Gasteiger charge is 1.97. The fourth-order valence-corrected chi connectivity index (χ4v) is 1.02. The van der Waals surface area contributed by atoms with E-state index in [-0.39, 0.29) is 0 Å². The lowest BCUT2D eigenvalue weighted by Crippen LogP contribution is -2.09. The van der Waals surface area contributed by atoms with Gasteiger partial charge in [-0.05, 0) is 24.6 Å². The van der Waals surface area contributed by atoms with Crippen molar-refractivity contribution in [2.75, 3.05) is 19.0 Å². The highest BCUT2D eigenvalue weighted by atomic mass is 15.1. The summed E-state index contributed by atoms with van der Waals surface area (Å²) in [6.45, 7) is 1.80. The number of nitrogens with zero attached hydrogens (tertiary/aromatic N) is 1. The maximum Gasteiger partial charge on any atom is 0.0367 e. The van der Waals surface area contributed by atoms with Crippen LogP contribution in [0.15, 0.2) is 24.3 Å². The largest absolute Gasteiger partial charge is 0.378 e. The lowest BCUT2D eigenvalue weighted by molar-refractivity contribution is 1.13. The first-order valence-electron chi connectivity index (χ1n) is 3.94. The van der Waals surface area contributed by atoms with Crippen LogP contribution in [0.1, 0.15) is 12.5 Å². The van der Waals surface area contributed by atoms with Crippen LogP contribution in [-0.2, 0) is 0 Å². The van der Waals surface area contributed by atoms with Gasteiger partial charge in [0.25, 0.3) is 0 Å². The van der Waals surface area contributed by atoms with Crippen LogP contribution in [0.2, 0.25) is 0 Å². The molecule has 0 spiro atoms. The third kappa shape index (κ3) is 1.84. The van der Waals surface area contributed by atoms with E-state index in [2.05, 4.69) is 0 Å². The van der Waals surface area contributed by atoms with Crippen molar-refractivity contribution in [3.8, 4) is 0 Å². The molecule has 0 fully saturated rings. The predicted octanol–water partition coefficient (Wildman–Crippen LogP) is 2.14. The van der Waals surface area contributed by atoms with Gasteiger partial charge < -0.3 is 10.3 Å². The average Bonchev–Trinajstić information content (AvgIpc) is 2.04. The van der Waals surface area contributed by atoms with Gasteiger partial charge in [-0.15, -0.1) is 0 Å². The van der Waals surface area contributed by atoms with Crippen molar-refractivity contribution >= 4 is 11.4 Å². The van der Waals surface area contributed by atoms with E-state index in [1.54, 1.807) is 6.92 Å². The molecule has 1 aromatic rings. The first-order valence-corrected chi connectivity index (χ1v) is 3.94. The van der Waals surface area contributed by atoms with Crippen molar-refractivity contribution in [2.24, 2.45) is 0 Å². The van der Waals surface area contributed by atoms with Crippen molar-refractivity contribution in [1.82, 2.24) is 0 Å². The van der Waals surface area contributed by atoms with Gasteiger partial charge in [-0.25, -0.2) is 0 Å². The molecule has 0 saturated heterocycles. The second-order valence-electron chi connectivity index (χ2n) is 3.07. The molecule has 0 heterocycles. The fourth-order valence-electron chi connectivity index (χ4n) is 1.02. The van der Waals surface area contributed by atoms with E-state index in [1.807, 2.05) is 43.3 Å². The lowest BCUT2D eigenvalue weighted by Gasteiger charge is -2.12. The topological polar surface area (TPSA) is 27.1 Å². The average molecular weight is 162 g/mol. The monoisotopic (exact) mass is 162 g/mol. The second kappa shape index (κ2) is 3.39. The van der Waals surface area contributed by atoms with Crippen molar-refractivity contribution in [1.29, 1.82) is 5.41 Å². The van der Waals surface area contributed by atoms with Crippen molar-refractivity contribution in [3.05, 3.63) is 29.8 Å². The van der Waals surface area contributed by atoms with Crippen LogP contribution in [0.25, 0.3) is 0 Å². The Morgan fingerprint density at radius 2 is 2.00 bits per heavy atom. The summed E-state index contributed by atoms with van der Waals surface area (Å²) < 4.78 is 0. The Bertz CT molecular complexity index is 290. The summed E-state index contributed by atoms with van der Waals surface area (Å²) in [5.41, 5.74) is 2.74. The van der Waals surface area contributed by atoms with Gasteiger partial charge in [-0.1, -0.05) is 12.1 Å². The highest BCUT2D eigenvalue weighted by Crippen LogP contribution is 2.13. The minimum absolute atomic E-state index is 0.610. The molecule has 0 aromatic heterocycles. The molecule has 64 valence electrons. The van der Waals surface area contributed by atoms with Gasteiger partial charge in [0.2, 0.25) is 0 Å². The van der Waals surface area contributed by atoms with Crippen LogP contribution < -0.4 is 4.90 Å². The molecule has 0 amide bonds. The van der Waals surface area contributed by atoms with Gasteiger partial charge in [-0.2, -0.15) is 0 Å². The standard InChI is InChI=1S/C10H14N2/c1-8(11)9-5-4-6-10(7-9)12(2)3/h4-7,11H,1-3H3. The SMILES string of the molecule is CC(=N)c1cccc(N(C)C)c1. The Morgan fingerprint density at radius 1 is 1.33 bits per heavy atom. The van der Waals surface area contributed by atoms with Gasteiger partial charge in [0.15, 0.2) is 0 Å². The minimum Gasteiger partial charge on any atom is -0.378 e. The van der Waals surface area contributed by atoms with Gasteiger partial charge in [0, 0.05) is 25.5 Å². The van der Waals surface area contributed by atoms with Gasteiger partial charge >= 0.3 is 0 Å². The minimum atomic E-state index is 0.610. The molecule has 2 heteroatoms.